The number of rotatable bonds is 5. The molecule has 0 aliphatic rings. The van der Waals surface area contributed by atoms with E-state index in [4.69, 9.17) is 0 Å². The highest BCUT2D eigenvalue weighted by Crippen LogP contribution is 2.26. The van der Waals surface area contributed by atoms with Gasteiger partial charge in [0, 0.05) is 16.2 Å². The van der Waals surface area contributed by atoms with Crippen LogP contribution in [-0.4, -0.2) is 16.8 Å². The van der Waals surface area contributed by atoms with Crippen molar-refractivity contribution in [1.29, 1.82) is 0 Å². The van der Waals surface area contributed by atoms with Gasteiger partial charge in [-0.25, -0.2) is 4.68 Å². The molecule has 0 spiro atoms. The van der Waals surface area contributed by atoms with Gasteiger partial charge >= 0.3 is 0 Å². The van der Waals surface area contributed by atoms with Gasteiger partial charge in [0.15, 0.2) is 0 Å². The van der Waals surface area contributed by atoms with Crippen LogP contribution in [0.25, 0.3) is 5.69 Å². The van der Waals surface area contributed by atoms with Crippen LogP contribution in [0.1, 0.15) is 43.8 Å². The summed E-state index contributed by atoms with van der Waals surface area (Å²) in [6.45, 7) is 6.46. The molecular formula is C16H22BrN3. The monoisotopic (exact) mass is 335 g/mol. The molecule has 0 fully saturated rings. The molecule has 108 valence electrons. The van der Waals surface area contributed by atoms with E-state index in [0.717, 1.165) is 28.7 Å². The van der Waals surface area contributed by atoms with Crippen molar-refractivity contribution in [3.05, 3.63) is 45.7 Å². The van der Waals surface area contributed by atoms with Gasteiger partial charge in [0.1, 0.15) is 0 Å². The summed E-state index contributed by atoms with van der Waals surface area (Å²) < 4.78 is 3.17. The molecule has 0 saturated carbocycles. The van der Waals surface area contributed by atoms with E-state index in [1.165, 1.54) is 11.3 Å². The highest BCUT2D eigenvalue weighted by molar-refractivity contribution is 9.10. The first kappa shape index (κ1) is 15.3. The first-order chi connectivity index (χ1) is 9.60. The Labute approximate surface area is 129 Å². The van der Waals surface area contributed by atoms with Crippen molar-refractivity contribution in [2.24, 2.45) is 0 Å². The van der Waals surface area contributed by atoms with Gasteiger partial charge in [-0.1, -0.05) is 35.8 Å². The largest absolute Gasteiger partial charge is 0.313 e. The van der Waals surface area contributed by atoms with Crippen LogP contribution in [0.5, 0.6) is 0 Å². The highest BCUT2D eigenvalue weighted by Gasteiger charge is 2.11. The van der Waals surface area contributed by atoms with Crippen molar-refractivity contribution in [2.45, 2.75) is 39.7 Å². The Balaban J connectivity index is 2.43. The molecule has 0 radical (unpaired) electrons. The summed E-state index contributed by atoms with van der Waals surface area (Å²) in [6.07, 6.45) is 1.95. The fourth-order valence-corrected chi connectivity index (χ4v) is 2.99. The van der Waals surface area contributed by atoms with E-state index in [1.54, 1.807) is 0 Å². The van der Waals surface area contributed by atoms with Crippen LogP contribution < -0.4 is 5.32 Å². The molecule has 0 aliphatic heterocycles. The second-order valence-corrected chi connectivity index (χ2v) is 5.82. The quantitative estimate of drug-likeness (QED) is 0.893. The third-order valence-electron chi connectivity index (χ3n) is 3.69. The summed E-state index contributed by atoms with van der Waals surface area (Å²) >= 11 is 3.68. The van der Waals surface area contributed by atoms with Crippen molar-refractivity contribution in [2.75, 3.05) is 7.05 Å². The van der Waals surface area contributed by atoms with Gasteiger partial charge in [-0.05, 0) is 50.6 Å². The SMILES string of the molecule is CCc1cc(CC)n(-c2ccc(C(C)NC)c(Br)c2)n1. The van der Waals surface area contributed by atoms with E-state index in [9.17, 15) is 0 Å². The van der Waals surface area contributed by atoms with Crippen molar-refractivity contribution < 1.29 is 0 Å². The first-order valence-electron chi connectivity index (χ1n) is 7.15. The summed E-state index contributed by atoms with van der Waals surface area (Å²) in [5.74, 6) is 0. The standard InChI is InChI=1S/C16H22BrN3/c1-5-12-9-13(6-2)20(19-12)14-7-8-15(11(3)18-4)16(17)10-14/h7-11,18H,5-6H2,1-4H3. The minimum Gasteiger partial charge on any atom is -0.313 e. The van der Waals surface area contributed by atoms with Gasteiger partial charge in [-0.2, -0.15) is 5.10 Å². The maximum atomic E-state index is 4.69. The molecular weight excluding hydrogens is 314 g/mol. The summed E-state index contributed by atoms with van der Waals surface area (Å²) in [7, 11) is 1.97. The Kier molecular flexibility index (Phi) is 5.00. The van der Waals surface area contributed by atoms with Gasteiger partial charge in [-0.3, -0.25) is 0 Å². The molecule has 2 rings (SSSR count). The summed E-state index contributed by atoms with van der Waals surface area (Å²) in [5.41, 5.74) is 4.77. The van der Waals surface area contributed by atoms with Crippen molar-refractivity contribution in [3.8, 4) is 5.69 Å². The number of halogens is 1. The van der Waals surface area contributed by atoms with Crippen LogP contribution in [0.3, 0.4) is 0 Å². The minimum atomic E-state index is 0.327. The summed E-state index contributed by atoms with van der Waals surface area (Å²) in [5, 5.41) is 7.95. The normalized spacial score (nSPS) is 12.7. The van der Waals surface area contributed by atoms with Crippen LogP contribution in [0.15, 0.2) is 28.7 Å². The highest BCUT2D eigenvalue weighted by atomic mass is 79.9. The van der Waals surface area contributed by atoms with Crippen LogP contribution in [0.4, 0.5) is 0 Å². The molecule has 1 atom stereocenters. The predicted octanol–water partition coefficient (Wildman–Crippen LogP) is 4.04. The lowest BCUT2D eigenvalue weighted by atomic mass is 10.1. The number of aromatic nitrogens is 2. The number of benzene rings is 1. The zero-order valence-electron chi connectivity index (χ0n) is 12.6. The van der Waals surface area contributed by atoms with Gasteiger partial charge in [0.2, 0.25) is 0 Å². The second kappa shape index (κ2) is 6.55. The molecule has 3 nitrogen and oxygen atoms in total. The van der Waals surface area contributed by atoms with E-state index in [-0.39, 0.29) is 0 Å². The lowest BCUT2D eigenvalue weighted by molar-refractivity contribution is 0.649. The molecule has 0 bridgehead atoms. The number of hydrogen-bond acceptors (Lipinski definition) is 2. The van der Waals surface area contributed by atoms with Gasteiger partial charge in [0.25, 0.3) is 0 Å². The summed E-state index contributed by atoms with van der Waals surface area (Å²) in [6, 6.07) is 8.97. The maximum absolute atomic E-state index is 4.69. The molecule has 1 heterocycles. The van der Waals surface area contributed by atoms with Crippen molar-refractivity contribution in [3.63, 3.8) is 0 Å². The fourth-order valence-electron chi connectivity index (χ4n) is 2.28. The molecule has 0 saturated heterocycles. The average Bonchev–Trinajstić information content (AvgIpc) is 2.89. The molecule has 4 heteroatoms. The Morgan fingerprint density at radius 1 is 1.25 bits per heavy atom. The molecule has 2 aromatic rings. The van der Waals surface area contributed by atoms with Crippen LogP contribution in [-0.2, 0) is 12.8 Å². The zero-order valence-corrected chi connectivity index (χ0v) is 14.2. The summed E-state index contributed by atoms with van der Waals surface area (Å²) in [4.78, 5) is 0. The Morgan fingerprint density at radius 2 is 2.00 bits per heavy atom. The topological polar surface area (TPSA) is 29.9 Å². The molecule has 20 heavy (non-hydrogen) atoms. The molecule has 1 N–H and O–H groups in total. The predicted molar refractivity (Wildman–Crippen MR) is 87.5 cm³/mol. The average molecular weight is 336 g/mol. The van der Waals surface area contributed by atoms with Gasteiger partial charge in [-0.15, -0.1) is 0 Å². The Morgan fingerprint density at radius 3 is 2.55 bits per heavy atom. The van der Waals surface area contributed by atoms with Crippen LogP contribution >= 0.6 is 15.9 Å². The minimum absolute atomic E-state index is 0.327. The Bertz CT molecular complexity index is 589. The van der Waals surface area contributed by atoms with E-state index in [1.807, 2.05) is 7.05 Å². The van der Waals surface area contributed by atoms with Crippen LogP contribution in [0, 0.1) is 0 Å². The first-order valence-corrected chi connectivity index (χ1v) is 7.94. The maximum Gasteiger partial charge on any atom is 0.0660 e. The molecule has 0 amide bonds. The molecule has 0 aliphatic carbocycles. The van der Waals surface area contributed by atoms with E-state index in [2.05, 4.69) is 76.1 Å². The molecule has 1 aromatic heterocycles. The third kappa shape index (κ3) is 2.96. The lowest BCUT2D eigenvalue weighted by Gasteiger charge is -2.14. The van der Waals surface area contributed by atoms with E-state index < -0.39 is 0 Å². The second-order valence-electron chi connectivity index (χ2n) is 4.96. The van der Waals surface area contributed by atoms with Gasteiger partial charge < -0.3 is 5.32 Å². The van der Waals surface area contributed by atoms with Gasteiger partial charge in [0.05, 0.1) is 11.4 Å². The number of nitrogens with one attached hydrogen (secondary N) is 1. The molecule has 1 aromatic carbocycles. The number of aryl methyl sites for hydroxylation is 2. The Hall–Kier alpha value is -1.13. The van der Waals surface area contributed by atoms with Crippen LogP contribution in [0.2, 0.25) is 0 Å². The number of hydrogen-bond donors (Lipinski definition) is 1. The van der Waals surface area contributed by atoms with E-state index in [0.29, 0.717) is 6.04 Å². The fraction of sp³-hybridized carbons (Fsp3) is 0.438. The zero-order chi connectivity index (χ0) is 14.7. The lowest BCUT2D eigenvalue weighted by Crippen LogP contribution is -2.13. The molecule has 1 unspecified atom stereocenters. The number of nitrogens with zero attached hydrogens (tertiary/aromatic N) is 2. The van der Waals surface area contributed by atoms with E-state index >= 15 is 0 Å². The third-order valence-corrected chi connectivity index (χ3v) is 4.37. The van der Waals surface area contributed by atoms with Crippen molar-refractivity contribution in [1.82, 2.24) is 15.1 Å². The smallest absolute Gasteiger partial charge is 0.0660 e. The van der Waals surface area contributed by atoms with Crippen molar-refractivity contribution >= 4 is 15.9 Å².